The number of carbonyl (C=O) groups is 1. The molecule has 3 rings (SSSR count). The lowest BCUT2D eigenvalue weighted by Gasteiger charge is -2.28. The number of ether oxygens (including phenoxy) is 1. The molecule has 8 nitrogen and oxygen atoms in total. The molecule has 1 atom stereocenters. The molecule has 0 saturated carbocycles. The van der Waals surface area contributed by atoms with Crippen molar-refractivity contribution in [3.63, 3.8) is 0 Å². The second-order valence-electron chi connectivity index (χ2n) is 9.12. The van der Waals surface area contributed by atoms with Gasteiger partial charge in [0.15, 0.2) is 5.75 Å². The number of halogens is 7. The number of nitrogens with zero attached hydrogens (tertiary/aromatic N) is 3. The van der Waals surface area contributed by atoms with Crippen molar-refractivity contribution in [3.05, 3.63) is 65.1 Å². The molecule has 1 aliphatic rings. The Morgan fingerprint density at radius 1 is 1.15 bits per heavy atom. The first-order valence-electron chi connectivity index (χ1n) is 12.3. The highest BCUT2D eigenvalue weighted by atomic mass is 19.4. The first kappa shape index (κ1) is 31.8. The van der Waals surface area contributed by atoms with Crippen LogP contribution in [0.2, 0.25) is 0 Å². The monoisotopic (exact) mass is 591 g/mol. The van der Waals surface area contributed by atoms with Gasteiger partial charge >= 0.3 is 18.4 Å². The highest BCUT2D eigenvalue weighted by molar-refractivity contribution is 6.11. The predicted molar refractivity (Wildman–Crippen MR) is 138 cm³/mol. The number of rotatable bonds is 8. The molecule has 2 aromatic rings. The van der Waals surface area contributed by atoms with Crippen LogP contribution in [-0.4, -0.2) is 74.7 Å². The maximum atomic E-state index is 14.0. The number of nitrogens with one attached hydrogen (secondary N) is 1. The third-order valence-electron chi connectivity index (χ3n) is 6.11. The van der Waals surface area contributed by atoms with E-state index in [9.17, 15) is 40.6 Å². The van der Waals surface area contributed by atoms with Crippen LogP contribution in [-0.2, 0) is 12.4 Å². The standard InChI is InChI=1S/C26H28F7N5O3/c1-37(19-4-2-18(27)3-5-19)24(40)41-23-21(10-17(25(28,29)30)11-22(23)26(31,32)33)16(12-34)13-36-14-20(39)15-38-8-6-35-7-9-38/h2-5,10-13,20,35,39H,6-9,14-15,34H2,1H3. The molecule has 1 unspecified atom stereocenters. The maximum absolute atomic E-state index is 14.0. The zero-order valence-corrected chi connectivity index (χ0v) is 21.8. The number of β-amino-alcohol motifs (C(OH)–C–C–N with tert-alkyl or cyclic N) is 1. The molecule has 1 heterocycles. The first-order chi connectivity index (χ1) is 19.2. The van der Waals surface area contributed by atoms with Crippen LogP contribution in [0.4, 0.5) is 41.2 Å². The Labute approximate surface area is 230 Å². The van der Waals surface area contributed by atoms with E-state index in [1.54, 1.807) is 0 Å². The normalized spacial score (nSPS) is 16.2. The smallest absolute Gasteiger partial charge is 0.409 e. The topological polar surface area (TPSA) is 103 Å². The molecular formula is C26H28F7N5O3. The van der Waals surface area contributed by atoms with Crippen LogP contribution >= 0.6 is 0 Å². The van der Waals surface area contributed by atoms with Gasteiger partial charge in [-0.05, 0) is 36.4 Å². The number of anilines is 1. The summed E-state index contributed by atoms with van der Waals surface area (Å²) in [4.78, 5) is 19.5. The van der Waals surface area contributed by atoms with Gasteiger partial charge in [-0.1, -0.05) is 0 Å². The molecule has 2 aromatic carbocycles. The number of allylic oxidation sites excluding steroid dienone is 1. The summed E-state index contributed by atoms with van der Waals surface area (Å²) < 4.78 is 101. The van der Waals surface area contributed by atoms with Crippen LogP contribution in [0.25, 0.3) is 5.57 Å². The maximum Gasteiger partial charge on any atom is 0.420 e. The molecule has 0 aromatic heterocycles. The van der Waals surface area contributed by atoms with Crippen LogP contribution in [0, 0.1) is 5.82 Å². The Morgan fingerprint density at radius 2 is 1.78 bits per heavy atom. The SMILES string of the molecule is CN(C(=O)Oc1c(C(C=NCC(O)CN2CCNCC2)=CN)cc(C(F)(F)F)cc1C(F)(F)F)c1ccc(F)cc1. The third-order valence-corrected chi connectivity index (χ3v) is 6.11. The van der Waals surface area contributed by atoms with E-state index in [0.717, 1.165) is 55.5 Å². The average molecular weight is 592 g/mol. The predicted octanol–water partition coefficient (Wildman–Crippen LogP) is 4.14. The lowest BCUT2D eigenvalue weighted by Crippen LogP contribution is -2.46. The lowest BCUT2D eigenvalue weighted by atomic mass is 9.98. The van der Waals surface area contributed by atoms with Crippen molar-refractivity contribution in [2.45, 2.75) is 18.5 Å². The zero-order valence-electron chi connectivity index (χ0n) is 21.8. The zero-order chi connectivity index (χ0) is 30.4. The fraction of sp³-hybridized carbons (Fsp3) is 0.385. The van der Waals surface area contributed by atoms with E-state index < -0.39 is 58.4 Å². The van der Waals surface area contributed by atoms with Gasteiger partial charge in [0.25, 0.3) is 0 Å². The Hall–Kier alpha value is -3.69. The minimum Gasteiger partial charge on any atom is -0.409 e. The number of aliphatic hydroxyl groups is 1. The summed E-state index contributed by atoms with van der Waals surface area (Å²) in [6.45, 7) is 2.84. The quantitative estimate of drug-likeness (QED) is 0.315. The van der Waals surface area contributed by atoms with Gasteiger partial charge in [-0.3, -0.25) is 14.8 Å². The molecule has 0 bridgehead atoms. The Morgan fingerprint density at radius 3 is 2.34 bits per heavy atom. The number of aliphatic imine (C=N–C) groups is 1. The number of carbonyl (C=O) groups excluding carboxylic acids is 1. The lowest BCUT2D eigenvalue weighted by molar-refractivity contribution is -0.143. The van der Waals surface area contributed by atoms with Crippen molar-refractivity contribution in [2.24, 2.45) is 10.7 Å². The molecule has 1 saturated heterocycles. The minimum atomic E-state index is -5.38. The van der Waals surface area contributed by atoms with E-state index in [0.29, 0.717) is 25.4 Å². The highest BCUT2D eigenvalue weighted by Crippen LogP contribution is 2.44. The number of nitrogens with two attached hydrogens (primary N) is 1. The molecule has 0 aliphatic carbocycles. The summed E-state index contributed by atoms with van der Waals surface area (Å²) in [7, 11) is 1.12. The van der Waals surface area contributed by atoms with E-state index in [2.05, 4.69) is 10.3 Å². The van der Waals surface area contributed by atoms with Crippen molar-refractivity contribution >= 4 is 23.6 Å². The Kier molecular flexibility index (Phi) is 10.3. The molecule has 0 spiro atoms. The van der Waals surface area contributed by atoms with E-state index in [-0.39, 0.29) is 24.8 Å². The van der Waals surface area contributed by atoms with Gasteiger partial charge in [-0.15, -0.1) is 0 Å². The number of hydrogen-bond donors (Lipinski definition) is 3. The summed E-state index contributed by atoms with van der Waals surface area (Å²) in [5.74, 6) is -1.89. The molecule has 1 amide bonds. The first-order valence-corrected chi connectivity index (χ1v) is 12.3. The van der Waals surface area contributed by atoms with E-state index >= 15 is 0 Å². The van der Waals surface area contributed by atoms with Gasteiger partial charge in [0, 0.05) is 69.0 Å². The van der Waals surface area contributed by atoms with Crippen LogP contribution in [0.1, 0.15) is 16.7 Å². The molecular weight excluding hydrogens is 563 g/mol. The van der Waals surface area contributed by atoms with Crippen molar-refractivity contribution in [3.8, 4) is 5.75 Å². The van der Waals surface area contributed by atoms with E-state index in [1.807, 2.05) is 4.90 Å². The van der Waals surface area contributed by atoms with Crippen molar-refractivity contribution in [2.75, 3.05) is 51.2 Å². The highest BCUT2D eigenvalue weighted by Gasteiger charge is 2.41. The number of hydrogen-bond acceptors (Lipinski definition) is 7. The van der Waals surface area contributed by atoms with Gasteiger partial charge < -0.3 is 20.9 Å². The van der Waals surface area contributed by atoms with Crippen LogP contribution in [0.15, 0.2) is 47.6 Å². The second kappa shape index (κ2) is 13.3. The largest absolute Gasteiger partial charge is 0.420 e. The Balaban J connectivity index is 1.98. The molecule has 0 radical (unpaired) electrons. The van der Waals surface area contributed by atoms with Gasteiger partial charge in [-0.25, -0.2) is 9.18 Å². The minimum absolute atomic E-state index is 0.0352. The van der Waals surface area contributed by atoms with Gasteiger partial charge in [0.1, 0.15) is 5.82 Å². The van der Waals surface area contributed by atoms with Gasteiger partial charge in [0.2, 0.25) is 0 Å². The van der Waals surface area contributed by atoms with Crippen molar-refractivity contribution < 1.29 is 45.4 Å². The number of aliphatic hydroxyl groups excluding tert-OH is 1. The summed E-state index contributed by atoms with van der Waals surface area (Å²) >= 11 is 0. The molecule has 41 heavy (non-hydrogen) atoms. The average Bonchev–Trinajstić information content (AvgIpc) is 2.90. The fourth-order valence-electron chi connectivity index (χ4n) is 3.98. The summed E-state index contributed by atoms with van der Waals surface area (Å²) in [5.41, 5.74) is 0.824. The van der Waals surface area contributed by atoms with Crippen LogP contribution < -0.4 is 20.7 Å². The van der Waals surface area contributed by atoms with Gasteiger partial charge in [-0.2, -0.15) is 26.3 Å². The molecule has 15 heteroatoms. The van der Waals surface area contributed by atoms with E-state index in [4.69, 9.17) is 10.5 Å². The fourth-order valence-corrected chi connectivity index (χ4v) is 3.98. The number of piperazine rings is 1. The second-order valence-corrected chi connectivity index (χ2v) is 9.12. The van der Waals surface area contributed by atoms with Crippen LogP contribution in [0.3, 0.4) is 0 Å². The number of benzene rings is 2. The van der Waals surface area contributed by atoms with Crippen molar-refractivity contribution in [1.29, 1.82) is 0 Å². The Bertz CT molecular complexity index is 1260. The molecule has 224 valence electrons. The molecule has 1 fully saturated rings. The van der Waals surface area contributed by atoms with Crippen molar-refractivity contribution in [1.82, 2.24) is 10.2 Å². The number of amides is 1. The summed E-state index contributed by atoms with van der Waals surface area (Å²) in [6, 6.07) is 4.47. The van der Waals surface area contributed by atoms with E-state index in [1.165, 1.54) is 0 Å². The molecule has 4 N–H and O–H groups in total. The summed E-state index contributed by atoms with van der Waals surface area (Å²) in [5, 5.41) is 13.4. The third kappa shape index (κ3) is 8.65. The van der Waals surface area contributed by atoms with Crippen LogP contribution in [0.5, 0.6) is 5.75 Å². The molecule has 1 aliphatic heterocycles. The summed E-state index contributed by atoms with van der Waals surface area (Å²) in [6.07, 6.45) is -11.3. The number of alkyl halides is 6. The van der Waals surface area contributed by atoms with Gasteiger partial charge in [0.05, 0.1) is 23.8 Å².